The topological polar surface area (TPSA) is 52.0 Å². The SMILES string of the molecule is COCCCn1cc(C)nc1NC(C)c1ccncc1. The summed E-state index contributed by atoms with van der Waals surface area (Å²) in [6, 6.07) is 4.23. The molecule has 0 aliphatic heterocycles. The molecule has 0 aliphatic rings. The minimum atomic E-state index is 0.195. The first-order chi connectivity index (χ1) is 9.70. The standard InChI is InChI=1S/C15H22N4O/c1-12-11-19(9-4-10-20-3)15(17-12)18-13(2)14-5-7-16-8-6-14/h5-8,11,13H,4,9-10H2,1-3H3,(H,17,18). The number of rotatable bonds is 7. The van der Waals surface area contributed by atoms with E-state index >= 15 is 0 Å². The molecule has 5 nitrogen and oxygen atoms in total. The highest BCUT2D eigenvalue weighted by atomic mass is 16.5. The number of anilines is 1. The van der Waals surface area contributed by atoms with Gasteiger partial charge in [-0.25, -0.2) is 4.98 Å². The second-order valence-corrected chi connectivity index (χ2v) is 4.89. The highest BCUT2D eigenvalue weighted by Crippen LogP contribution is 2.18. The van der Waals surface area contributed by atoms with Crippen molar-refractivity contribution in [2.45, 2.75) is 32.9 Å². The summed E-state index contributed by atoms with van der Waals surface area (Å²) in [6.07, 6.45) is 6.66. The van der Waals surface area contributed by atoms with Gasteiger partial charge in [0.2, 0.25) is 5.95 Å². The molecule has 2 aromatic heterocycles. The van der Waals surface area contributed by atoms with Crippen LogP contribution in [-0.2, 0) is 11.3 Å². The Bertz CT molecular complexity index is 524. The lowest BCUT2D eigenvalue weighted by Crippen LogP contribution is -2.12. The van der Waals surface area contributed by atoms with Crippen LogP contribution in [0.25, 0.3) is 0 Å². The van der Waals surface area contributed by atoms with E-state index in [4.69, 9.17) is 4.74 Å². The number of hydrogen-bond donors (Lipinski definition) is 1. The molecule has 108 valence electrons. The molecule has 2 aromatic rings. The minimum Gasteiger partial charge on any atom is -0.385 e. The number of nitrogens with zero attached hydrogens (tertiary/aromatic N) is 3. The maximum atomic E-state index is 5.10. The number of hydrogen-bond acceptors (Lipinski definition) is 4. The molecule has 1 N–H and O–H groups in total. The van der Waals surface area contributed by atoms with Crippen molar-refractivity contribution < 1.29 is 4.74 Å². The largest absolute Gasteiger partial charge is 0.385 e. The fraction of sp³-hybridized carbons (Fsp3) is 0.467. The molecule has 0 aromatic carbocycles. The zero-order chi connectivity index (χ0) is 14.4. The van der Waals surface area contributed by atoms with Gasteiger partial charge in [0, 0.05) is 38.9 Å². The lowest BCUT2D eigenvalue weighted by atomic mass is 10.1. The number of nitrogens with one attached hydrogen (secondary N) is 1. The van der Waals surface area contributed by atoms with Gasteiger partial charge in [0.15, 0.2) is 0 Å². The molecular formula is C15H22N4O. The molecule has 0 spiro atoms. The summed E-state index contributed by atoms with van der Waals surface area (Å²) in [6.45, 7) is 5.80. The zero-order valence-corrected chi connectivity index (χ0v) is 12.3. The van der Waals surface area contributed by atoms with E-state index in [1.165, 1.54) is 5.56 Å². The van der Waals surface area contributed by atoms with Crippen LogP contribution in [0.5, 0.6) is 0 Å². The van der Waals surface area contributed by atoms with Crippen molar-refractivity contribution in [3.63, 3.8) is 0 Å². The Morgan fingerprint density at radius 1 is 1.35 bits per heavy atom. The lowest BCUT2D eigenvalue weighted by Gasteiger charge is -2.16. The molecule has 0 bridgehead atoms. The molecule has 0 fully saturated rings. The molecule has 20 heavy (non-hydrogen) atoms. The molecule has 0 saturated heterocycles. The first kappa shape index (κ1) is 14.5. The number of methoxy groups -OCH3 is 1. The summed E-state index contributed by atoms with van der Waals surface area (Å²) in [5.41, 5.74) is 2.22. The van der Waals surface area contributed by atoms with Crippen LogP contribution in [0.4, 0.5) is 5.95 Å². The van der Waals surface area contributed by atoms with E-state index in [0.717, 1.165) is 31.2 Å². The van der Waals surface area contributed by atoms with Gasteiger partial charge in [-0.05, 0) is 38.0 Å². The molecule has 1 atom stereocenters. The third kappa shape index (κ3) is 3.81. The molecule has 0 aliphatic carbocycles. The number of aryl methyl sites for hydroxylation is 2. The molecule has 1 unspecified atom stereocenters. The Morgan fingerprint density at radius 3 is 2.80 bits per heavy atom. The predicted molar refractivity (Wildman–Crippen MR) is 79.7 cm³/mol. The van der Waals surface area contributed by atoms with Gasteiger partial charge in [-0.2, -0.15) is 0 Å². The van der Waals surface area contributed by atoms with Crippen LogP contribution in [0.3, 0.4) is 0 Å². The van der Waals surface area contributed by atoms with Crippen LogP contribution in [0, 0.1) is 6.92 Å². The van der Waals surface area contributed by atoms with Crippen molar-refractivity contribution in [3.8, 4) is 0 Å². The highest BCUT2D eigenvalue weighted by Gasteiger charge is 2.10. The van der Waals surface area contributed by atoms with E-state index in [9.17, 15) is 0 Å². The summed E-state index contributed by atoms with van der Waals surface area (Å²) in [7, 11) is 1.73. The predicted octanol–water partition coefficient (Wildman–Crippen LogP) is 2.80. The van der Waals surface area contributed by atoms with Crippen molar-refractivity contribution in [1.82, 2.24) is 14.5 Å². The Morgan fingerprint density at radius 2 is 2.10 bits per heavy atom. The third-order valence-corrected chi connectivity index (χ3v) is 3.20. The zero-order valence-electron chi connectivity index (χ0n) is 12.3. The summed E-state index contributed by atoms with van der Waals surface area (Å²) in [4.78, 5) is 8.59. The molecule has 2 rings (SSSR count). The summed E-state index contributed by atoms with van der Waals surface area (Å²) >= 11 is 0. The fourth-order valence-electron chi connectivity index (χ4n) is 2.14. The first-order valence-corrected chi connectivity index (χ1v) is 6.90. The summed E-state index contributed by atoms with van der Waals surface area (Å²) in [5.74, 6) is 0.905. The van der Waals surface area contributed by atoms with Crippen LogP contribution < -0.4 is 5.32 Å². The normalized spacial score (nSPS) is 12.3. The van der Waals surface area contributed by atoms with E-state index in [2.05, 4.69) is 33.0 Å². The van der Waals surface area contributed by atoms with E-state index < -0.39 is 0 Å². The Balaban J connectivity index is 2.05. The lowest BCUT2D eigenvalue weighted by molar-refractivity contribution is 0.190. The van der Waals surface area contributed by atoms with Crippen molar-refractivity contribution in [2.24, 2.45) is 0 Å². The molecular weight excluding hydrogens is 252 g/mol. The molecule has 0 saturated carbocycles. The van der Waals surface area contributed by atoms with Crippen LogP contribution in [0.15, 0.2) is 30.7 Å². The van der Waals surface area contributed by atoms with E-state index in [1.807, 2.05) is 31.5 Å². The monoisotopic (exact) mass is 274 g/mol. The van der Waals surface area contributed by atoms with Gasteiger partial charge in [0.1, 0.15) is 0 Å². The summed E-state index contributed by atoms with van der Waals surface area (Å²) < 4.78 is 7.24. The number of ether oxygens (including phenoxy) is 1. The number of aromatic nitrogens is 3. The van der Waals surface area contributed by atoms with E-state index in [0.29, 0.717) is 0 Å². The second-order valence-electron chi connectivity index (χ2n) is 4.89. The molecule has 0 radical (unpaired) electrons. The first-order valence-electron chi connectivity index (χ1n) is 6.90. The van der Waals surface area contributed by atoms with Crippen LogP contribution in [0.1, 0.15) is 30.6 Å². The minimum absolute atomic E-state index is 0.195. The summed E-state index contributed by atoms with van der Waals surface area (Å²) in [5, 5.41) is 3.46. The van der Waals surface area contributed by atoms with Crippen molar-refractivity contribution in [2.75, 3.05) is 19.0 Å². The van der Waals surface area contributed by atoms with Gasteiger partial charge < -0.3 is 14.6 Å². The smallest absolute Gasteiger partial charge is 0.203 e. The maximum absolute atomic E-state index is 5.10. The second kappa shape index (κ2) is 7.05. The Kier molecular flexibility index (Phi) is 5.12. The van der Waals surface area contributed by atoms with Crippen LogP contribution in [-0.4, -0.2) is 28.3 Å². The highest BCUT2D eigenvalue weighted by molar-refractivity contribution is 5.33. The molecule has 5 heteroatoms. The molecule has 0 amide bonds. The maximum Gasteiger partial charge on any atom is 0.203 e. The van der Waals surface area contributed by atoms with Gasteiger partial charge in [-0.3, -0.25) is 4.98 Å². The van der Waals surface area contributed by atoms with Crippen molar-refractivity contribution >= 4 is 5.95 Å². The van der Waals surface area contributed by atoms with E-state index in [-0.39, 0.29) is 6.04 Å². The average Bonchev–Trinajstić information content (AvgIpc) is 2.80. The fourth-order valence-corrected chi connectivity index (χ4v) is 2.14. The Labute approximate surface area is 120 Å². The van der Waals surface area contributed by atoms with Crippen LogP contribution in [0.2, 0.25) is 0 Å². The number of pyridine rings is 1. The molecule has 2 heterocycles. The van der Waals surface area contributed by atoms with Crippen LogP contribution >= 0.6 is 0 Å². The van der Waals surface area contributed by atoms with Crippen molar-refractivity contribution in [1.29, 1.82) is 0 Å². The van der Waals surface area contributed by atoms with Gasteiger partial charge in [-0.15, -0.1) is 0 Å². The average molecular weight is 274 g/mol. The quantitative estimate of drug-likeness (QED) is 0.789. The van der Waals surface area contributed by atoms with Gasteiger partial charge >= 0.3 is 0 Å². The van der Waals surface area contributed by atoms with E-state index in [1.54, 1.807) is 7.11 Å². The third-order valence-electron chi connectivity index (χ3n) is 3.20. The van der Waals surface area contributed by atoms with Gasteiger partial charge in [0.05, 0.1) is 11.7 Å². The number of imidazole rings is 1. The van der Waals surface area contributed by atoms with Gasteiger partial charge in [0.25, 0.3) is 0 Å². The van der Waals surface area contributed by atoms with Gasteiger partial charge in [-0.1, -0.05) is 0 Å². The Hall–Kier alpha value is -1.88. The van der Waals surface area contributed by atoms with Crippen molar-refractivity contribution in [3.05, 3.63) is 42.0 Å².